The van der Waals surface area contributed by atoms with Crippen LogP contribution in [0.1, 0.15) is 0 Å². The maximum Gasteiger partial charge on any atom is 0.658 e. The SMILES string of the molecule is Cl.Nc1ccccc1O[B]Oc1ccccc1N. The first-order chi connectivity index (χ1) is 8.27. The lowest BCUT2D eigenvalue weighted by atomic mass is 10.2. The zero-order valence-corrected chi connectivity index (χ0v) is 10.4. The molecule has 0 atom stereocenters. The van der Waals surface area contributed by atoms with E-state index < -0.39 is 0 Å². The van der Waals surface area contributed by atoms with Crippen LogP contribution in [0.5, 0.6) is 11.5 Å². The molecule has 0 saturated carbocycles. The van der Waals surface area contributed by atoms with E-state index in [1.54, 1.807) is 24.3 Å². The Morgan fingerprint density at radius 3 is 1.50 bits per heavy atom. The van der Waals surface area contributed by atoms with Crippen molar-refractivity contribution in [1.82, 2.24) is 0 Å². The van der Waals surface area contributed by atoms with E-state index in [0.717, 1.165) is 0 Å². The molecular weight excluding hydrogens is 250 g/mol. The molecule has 93 valence electrons. The van der Waals surface area contributed by atoms with Gasteiger partial charge in [-0.1, -0.05) is 24.3 Å². The molecule has 0 amide bonds. The number of anilines is 2. The van der Waals surface area contributed by atoms with Gasteiger partial charge in [0.05, 0.1) is 11.4 Å². The van der Waals surface area contributed by atoms with Gasteiger partial charge in [-0.2, -0.15) is 0 Å². The van der Waals surface area contributed by atoms with Crippen molar-refractivity contribution in [2.45, 2.75) is 0 Å². The minimum absolute atomic E-state index is 0. The summed E-state index contributed by atoms with van der Waals surface area (Å²) < 4.78 is 10.5. The molecule has 2 rings (SSSR count). The smallest absolute Gasteiger partial charge is 0.525 e. The van der Waals surface area contributed by atoms with E-state index in [4.69, 9.17) is 20.8 Å². The van der Waals surface area contributed by atoms with E-state index in [1.807, 2.05) is 24.3 Å². The highest BCUT2D eigenvalue weighted by Gasteiger charge is 2.05. The van der Waals surface area contributed by atoms with Crippen molar-refractivity contribution in [3.8, 4) is 11.5 Å². The monoisotopic (exact) mass is 263 g/mol. The van der Waals surface area contributed by atoms with E-state index in [2.05, 4.69) is 0 Å². The standard InChI is InChI=1S/C12H12BN2O2.ClH/c14-9-5-1-3-7-11(9)16-13-17-12-8-4-2-6-10(12)15;/h1-8H,14-15H2;1H. The summed E-state index contributed by atoms with van der Waals surface area (Å²) in [5.41, 5.74) is 12.5. The second-order valence-electron chi connectivity index (χ2n) is 3.41. The number of benzene rings is 2. The van der Waals surface area contributed by atoms with Crippen LogP contribution in [0.25, 0.3) is 0 Å². The van der Waals surface area contributed by atoms with Crippen molar-refractivity contribution >= 4 is 31.5 Å². The van der Waals surface area contributed by atoms with E-state index in [-0.39, 0.29) is 12.4 Å². The highest BCUT2D eigenvalue weighted by molar-refractivity contribution is 6.21. The first kappa shape index (κ1) is 14.1. The summed E-state index contributed by atoms with van der Waals surface area (Å²) in [7, 11) is 1.21. The first-order valence-electron chi connectivity index (χ1n) is 5.11. The minimum atomic E-state index is 0. The molecule has 4 nitrogen and oxygen atoms in total. The van der Waals surface area contributed by atoms with Crippen molar-refractivity contribution in [2.24, 2.45) is 0 Å². The van der Waals surface area contributed by atoms with Crippen LogP contribution in [-0.4, -0.2) is 7.69 Å². The normalized spacial score (nSPS) is 9.11. The Kier molecular flexibility index (Phi) is 5.20. The molecule has 0 spiro atoms. The fourth-order valence-electron chi connectivity index (χ4n) is 1.30. The lowest BCUT2D eigenvalue weighted by molar-refractivity contribution is 0.461. The van der Waals surface area contributed by atoms with Gasteiger partial charge in [-0.3, -0.25) is 0 Å². The topological polar surface area (TPSA) is 70.5 Å². The van der Waals surface area contributed by atoms with Gasteiger partial charge in [-0.15, -0.1) is 12.4 Å². The average molecular weight is 264 g/mol. The third-order valence-electron chi connectivity index (χ3n) is 2.19. The van der Waals surface area contributed by atoms with Crippen LogP contribution in [0, 0.1) is 0 Å². The Labute approximate surface area is 113 Å². The molecule has 0 aliphatic heterocycles. The van der Waals surface area contributed by atoms with Crippen molar-refractivity contribution in [3.63, 3.8) is 0 Å². The summed E-state index contributed by atoms with van der Waals surface area (Å²) in [4.78, 5) is 0. The van der Waals surface area contributed by atoms with Gasteiger partial charge in [0.15, 0.2) is 0 Å². The Balaban J connectivity index is 0.00000162. The third-order valence-corrected chi connectivity index (χ3v) is 2.19. The summed E-state index contributed by atoms with van der Waals surface area (Å²) in [6.45, 7) is 0. The van der Waals surface area contributed by atoms with E-state index in [1.165, 1.54) is 7.69 Å². The number of para-hydroxylation sites is 4. The summed E-state index contributed by atoms with van der Waals surface area (Å²) >= 11 is 0. The summed E-state index contributed by atoms with van der Waals surface area (Å²) in [6.07, 6.45) is 0. The van der Waals surface area contributed by atoms with Crippen LogP contribution in [0.3, 0.4) is 0 Å². The van der Waals surface area contributed by atoms with E-state index in [0.29, 0.717) is 22.9 Å². The third kappa shape index (κ3) is 3.50. The van der Waals surface area contributed by atoms with Crippen LogP contribution in [0.2, 0.25) is 0 Å². The molecule has 0 aliphatic carbocycles. The summed E-state index contributed by atoms with van der Waals surface area (Å²) in [5.74, 6) is 1.09. The zero-order valence-electron chi connectivity index (χ0n) is 9.58. The van der Waals surface area contributed by atoms with Crippen LogP contribution in [-0.2, 0) is 0 Å². The number of hydrogen-bond acceptors (Lipinski definition) is 4. The predicted octanol–water partition coefficient (Wildman–Crippen LogP) is 2.26. The van der Waals surface area contributed by atoms with Crippen molar-refractivity contribution in [1.29, 1.82) is 0 Å². The fraction of sp³-hybridized carbons (Fsp3) is 0. The highest BCUT2D eigenvalue weighted by Crippen LogP contribution is 2.21. The molecule has 4 N–H and O–H groups in total. The quantitative estimate of drug-likeness (QED) is 0.656. The molecule has 18 heavy (non-hydrogen) atoms. The molecule has 0 saturated heterocycles. The van der Waals surface area contributed by atoms with E-state index in [9.17, 15) is 0 Å². The van der Waals surface area contributed by atoms with Gasteiger partial charge < -0.3 is 20.8 Å². The molecule has 0 fully saturated rings. The maximum absolute atomic E-state index is 5.70. The van der Waals surface area contributed by atoms with Crippen LogP contribution in [0.4, 0.5) is 11.4 Å². The van der Waals surface area contributed by atoms with Crippen LogP contribution < -0.4 is 20.8 Å². The van der Waals surface area contributed by atoms with Gasteiger partial charge >= 0.3 is 7.69 Å². The molecule has 0 aromatic heterocycles. The molecule has 0 unspecified atom stereocenters. The second-order valence-corrected chi connectivity index (χ2v) is 3.41. The molecule has 2 aromatic carbocycles. The van der Waals surface area contributed by atoms with Gasteiger partial charge in [0.2, 0.25) is 0 Å². The largest absolute Gasteiger partial charge is 0.658 e. The Morgan fingerprint density at radius 2 is 1.11 bits per heavy atom. The van der Waals surface area contributed by atoms with Crippen LogP contribution in [0.15, 0.2) is 48.5 Å². The highest BCUT2D eigenvalue weighted by atomic mass is 35.5. The summed E-state index contributed by atoms with van der Waals surface area (Å²) in [6, 6.07) is 14.3. The molecule has 1 radical (unpaired) electrons. The number of nitrogen functional groups attached to an aromatic ring is 2. The van der Waals surface area contributed by atoms with Gasteiger partial charge in [0.25, 0.3) is 0 Å². The Bertz CT molecular complexity index is 465. The molecule has 0 aliphatic rings. The average Bonchev–Trinajstić information content (AvgIpc) is 2.34. The van der Waals surface area contributed by atoms with Gasteiger partial charge in [0, 0.05) is 0 Å². The lowest BCUT2D eigenvalue weighted by Crippen LogP contribution is -2.12. The number of nitrogens with two attached hydrogens (primary N) is 2. The molecule has 2 aromatic rings. The number of halogens is 1. The predicted molar refractivity (Wildman–Crippen MR) is 76.0 cm³/mol. The summed E-state index contributed by atoms with van der Waals surface area (Å²) in [5, 5.41) is 0. The Morgan fingerprint density at radius 1 is 0.722 bits per heavy atom. The fourth-order valence-corrected chi connectivity index (χ4v) is 1.30. The van der Waals surface area contributed by atoms with Gasteiger partial charge in [0.1, 0.15) is 11.5 Å². The second kappa shape index (κ2) is 6.66. The van der Waals surface area contributed by atoms with Crippen molar-refractivity contribution in [3.05, 3.63) is 48.5 Å². The van der Waals surface area contributed by atoms with Crippen molar-refractivity contribution < 1.29 is 9.31 Å². The molecular formula is C12H13BClN2O2. The van der Waals surface area contributed by atoms with Crippen molar-refractivity contribution in [2.75, 3.05) is 11.5 Å². The number of hydrogen-bond donors (Lipinski definition) is 2. The van der Waals surface area contributed by atoms with Gasteiger partial charge in [-0.25, -0.2) is 0 Å². The van der Waals surface area contributed by atoms with E-state index >= 15 is 0 Å². The molecule has 0 bridgehead atoms. The number of rotatable bonds is 4. The van der Waals surface area contributed by atoms with Crippen LogP contribution >= 0.6 is 12.4 Å². The first-order valence-corrected chi connectivity index (χ1v) is 5.11. The minimum Gasteiger partial charge on any atom is -0.525 e. The zero-order chi connectivity index (χ0) is 12.1. The Hall–Kier alpha value is -2.01. The lowest BCUT2D eigenvalue weighted by Gasteiger charge is -2.09. The molecule has 6 heteroatoms. The molecule has 0 heterocycles. The maximum atomic E-state index is 5.70. The van der Waals surface area contributed by atoms with Gasteiger partial charge in [-0.05, 0) is 24.3 Å².